The lowest BCUT2D eigenvalue weighted by Crippen LogP contribution is -2.89. The number of nitrogens with zero attached hydrogens (tertiary/aromatic N) is 1. The molecule has 59 heavy (non-hydrogen) atoms. The molecule has 4 aliphatic rings. The minimum atomic E-state index is -2.81. The number of carbonyl (C=O) groups excluding carboxylic acids is 7. The average Bonchev–Trinajstić information content (AvgIpc) is 3.37. The van der Waals surface area contributed by atoms with Crippen LogP contribution in [0.4, 0.5) is 0 Å². The number of carbonyl (C=O) groups is 7. The SMILES string of the molecule is CC(=O)OCC12C(OC(C)=O)C(OC(C)=O)C3C(O)C14OC3(C)COC(=O)c1cccnc1CCC(C)C(=O)OC(C(OC(=O)c1ccccc1)C2OC(C)=O)C4(C)O. The summed E-state index contributed by atoms with van der Waals surface area (Å²) in [5, 5.41) is 26.3. The van der Waals surface area contributed by atoms with Gasteiger partial charge in [0.05, 0.1) is 34.8 Å². The van der Waals surface area contributed by atoms with Crippen LogP contribution < -0.4 is 0 Å². The third kappa shape index (κ3) is 7.20. The van der Waals surface area contributed by atoms with Crippen molar-refractivity contribution in [3.8, 4) is 0 Å². The van der Waals surface area contributed by atoms with E-state index in [9.17, 15) is 43.8 Å². The Morgan fingerprint density at radius 1 is 0.847 bits per heavy atom. The second-order valence-electron chi connectivity index (χ2n) is 15.8. The molecule has 6 rings (SSSR count). The number of aryl methyl sites for hydroxylation is 1. The molecule has 3 heterocycles. The fourth-order valence-corrected chi connectivity index (χ4v) is 9.44. The van der Waals surface area contributed by atoms with Crippen molar-refractivity contribution in [1.29, 1.82) is 0 Å². The minimum Gasteiger partial charge on any atom is -0.465 e. The van der Waals surface area contributed by atoms with Gasteiger partial charge in [0.15, 0.2) is 24.4 Å². The van der Waals surface area contributed by atoms with Crippen molar-refractivity contribution in [1.82, 2.24) is 4.98 Å². The third-order valence-corrected chi connectivity index (χ3v) is 11.8. The van der Waals surface area contributed by atoms with E-state index in [4.69, 9.17) is 37.9 Å². The fraction of sp³-hybridized carbons (Fsp3) is 0.561. The molecular weight excluding hydrogens is 778 g/mol. The zero-order chi connectivity index (χ0) is 43.2. The molecule has 0 amide bonds. The second kappa shape index (κ2) is 16.0. The number of ether oxygens (including phenoxy) is 8. The molecule has 1 aromatic heterocycles. The van der Waals surface area contributed by atoms with Crippen molar-refractivity contribution in [2.24, 2.45) is 17.3 Å². The first-order valence-corrected chi connectivity index (χ1v) is 19.0. The largest absolute Gasteiger partial charge is 0.465 e. The summed E-state index contributed by atoms with van der Waals surface area (Å²) in [5.74, 6) is -9.51. The molecule has 2 aliphatic heterocycles. The molecule has 1 saturated heterocycles. The molecule has 2 aliphatic carbocycles. The zero-order valence-corrected chi connectivity index (χ0v) is 33.5. The van der Waals surface area contributed by atoms with Crippen LogP contribution in [-0.2, 0) is 68.3 Å². The Morgan fingerprint density at radius 3 is 2.08 bits per heavy atom. The Kier molecular flexibility index (Phi) is 11.7. The summed E-state index contributed by atoms with van der Waals surface area (Å²) in [7, 11) is 0. The van der Waals surface area contributed by atoms with Gasteiger partial charge in [-0.05, 0) is 51.0 Å². The molecular formula is C41H47NO17. The molecule has 1 aromatic carbocycles. The number of aromatic nitrogens is 1. The quantitative estimate of drug-likeness (QED) is 0.297. The number of aliphatic hydroxyl groups excluding tert-OH is 1. The van der Waals surface area contributed by atoms with Gasteiger partial charge in [0.25, 0.3) is 0 Å². The van der Waals surface area contributed by atoms with E-state index >= 15 is 0 Å². The maximum atomic E-state index is 14.2. The van der Waals surface area contributed by atoms with E-state index in [1.807, 2.05) is 0 Å². The van der Waals surface area contributed by atoms with Gasteiger partial charge < -0.3 is 48.1 Å². The zero-order valence-electron chi connectivity index (χ0n) is 33.5. The normalized spacial score (nSPS) is 36.3. The van der Waals surface area contributed by atoms with Crippen molar-refractivity contribution in [2.45, 2.75) is 115 Å². The molecule has 3 fully saturated rings. The van der Waals surface area contributed by atoms with Gasteiger partial charge in [-0.15, -0.1) is 0 Å². The standard InChI is InChI=1S/C41H47NO17/c1-20-15-16-27-26(14-11-17-42-27)37(50)53-18-38(6)28-29(54-22(3)44)33(55-23(4)45)40(19-52-21(2)43)34(56-24(5)46)30(57-36(49)25-12-9-8-10-13-25)32(58-35(20)48)39(7,51)41(40,59-38)31(28)47/h8-14,17,20,28-34,47,51H,15-16,18-19H2,1-7H3. The molecule has 12 unspecified atom stereocenters. The van der Waals surface area contributed by atoms with Crippen molar-refractivity contribution in [3.05, 3.63) is 65.5 Å². The average molecular weight is 826 g/mol. The van der Waals surface area contributed by atoms with Crippen LogP contribution >= 0.6 is 0 Å². The van der Waals surface area contributed by atoms with Crippen LogP contribution in [0.15, 0.2) is 48.7 Å². The summed E-state index contributed by atoms with van der Waals surface area (Å²) in [6, 6.07) is 10.5. The lowest BCUT2D eigenvalue weighted by molar-refractivity contribution is -0.385. The van der Waals surface area contributed by atoms with Crippen LogP contribution in [-0.4, -0.2) is 124 Å². The monoisotopic (exact) mass is 825 g/mol. The highest BCUT2D eigenvalue weighted by Crippen LogP contribution is 2.69. The summed E-state index contributed by atoms with van der Waals surface area (Å²) in [4.78, 5) is 98.9. The van der Waals surface area contributed by atoms with E-state index in [2.05, 4.69) is 4.98 Å². The smallest absolute Gasteiger partial charge is 0.340 e. The first-order chi connectivity index (χ1) is 27.7. The highest BCUT2D eigenvalue weighted by atomic mass is 16.7. The van der Waals surface area contributed by atoms with Gasteiger partial charge in [0.1, 0.15) is 41.5 Å². The number of pyridine rings is 1. The highest BCUT2D eigenvalue weighted by Gasteiger charge is 2.91. The third-order valence-electron chi connectivity index (χ3n) is 11.8. The Labute approximate surface area is 338 Å². The number of cyclic esters (lactones) is 1. The molecule has 18 nitrogen and oxygen atoms in total. The molecule has 4 bridgehead atoms. The summed E-state index contributed by atoms with van der Waals surface area (Å²) in [5.41, 5.74) is -9.93. The van der Waals surface area contributed by atoms with Crippen LogP contribution in [0.1, 0.15) is 81.3 Å². The topological polar surface area (TPSA) is 247 Å². The van der Waals surface area contributed by atoms with Crippen LogP contribution in [0, 0.1) is 17.3 Å². The minimum absolute atomic E-state index is 0.0318. The summed E-state index contributed by atoms with van der Waals surface area (Å²) in [6.07, 6.45) is -10.6. The van der Waals surface area contributed by atoms with Gasteiger partial charge in [0.2, 0.25) is 0 Å². The predicted octanol–water partition coefficient (Wildman–Crippen LogP) is 1.59. The highest BCUT2D eigenvalue weighted by molar-refractivity contribution is 5.91. The first kappa shape index (κ1) is 43.1. The van der Waals surface area contributed by atoms with Crippen LogP contribution in [0.25, 0.3) is 0 Å². The van der Waals surface area contributed by atoms with Gasteiger partial charge in [-0.1, -0.05) is 25.1 Å². The number of fused-ring (bicyclic) bond motifs is 5. The van der Waals surface area contributed by atoms with Gasteiger partial charge in [-0.25, -0.2) is 9.59 Å². The maximum Gasteiger partial charge on any atom is 0.340 e. The molecule has 18 heteroatoms. The van der Waals surface area contributed by atoms with Crippen LogP contribution in [0.5, 0.6) is 0 Å². The van der Waals surface area contributed by atoms with Gasteiger partial charge in [0, 0.05) is 33.9 Å². The van der Waals surface area contributed by atoms with Gasteiger partial charge >= 0.3 is 41.8 Å². The molecule has 2 N–H and O–H groups in total. The number of hydrogen-bond acceptors (Lipinski definition) is 18. The molecule has 1 spiro atoms. The van der Waals surface area contributed by atoms with E-state index in [1.165, 1.54) is 56.4 Å². The van der Waals surface area contributed by atoms with Gasteiger partial charge in [-0.3, -0.25) is 29.0 Å². The second-order valence-corrected chi connectivity index (χ2v) is 15.8. The Bertz CT molecular complexity index is 2020. The van der Waals surface area contributed by atoms with E-state index < -0.39 is 126 Å². The van der Waals surface area contributed by atoms with Crippen molar-refractivity contribution >= 4 is 41.8 Å². The van der Waals surface area contributed by atoms with Crippen LogP contribution in [0.3, 0.4) is 0 Å². The predicted molar refractivity (Wildman–Crippen MR) is 196 cm³/mol. The Morgan fingerprint density at radius 2 is 1.47 bits per heavy atom. The lowest BCUT2D eigenvalue weighted by Gasteiger charge is -2.67. The fourth-order valence-electron chi connectivity index (χ4n) is 9.44. The molecule has 2 saturated carbocycles. The maximum absolute atomic E-state index is 14.2. The summed E-state index contributed by atoms with van der Waals surface area (Å²) in [6.45, 7) is 6.22. The first-order valence-electron chi connectivity index (χ1n) is 19.0. The summed E-state index contributed by atoms with van der Waals surface area (Å²) < 4.78 is 48.5. The number of rotatable bonds is 7. The summed E-state index contributed by atoms with van der Waals surface area (Å²) >= 11 is 0. The van der Waals surface area contributed by atoms with Crippen molar-refractivity contribution < 1.29 is 81.7 Å². The number of esters is 7. The van der Waals surface area contributed by atoms with Crippen LogP contribution in [0.2, 0.25) is 0 Å². The Hall–Kier alpha value is -5.46. The van der Waals surface area contributed by atoms with E-state index in [0.717, 1.165) is 34.6 Å². The van der Waals surface area contributed by atoms with E-state index in [-0.39, 0.29) is 29.7 Å². The van der Waals surface area contributed by atoms with E-state index in [1.54, 1.807) is 6.07 Å². The van der Waals surface area contributed by atoms with E-state index in [0.29, 0.717) is 0 Å². The number of hydrogen-bond donors (Lipinski definition) is 2. The Balaban J connectivity index is 1.72. The molecule has 318 valence electrons. The van der Waals surface area contributed by atoms with Crippen molar-refractivity contribution in [3.63, 3.8) is 0 Å². The molecule has 2 aromatic rings. The number of aliphatic hydroxyl groups is 2. The van der Waals surface area contributed by atoms with Crippen molar-refractivity contribution in [2.75, 3.05) is 13.2 Å². The van der Waals surface area contributed by atoms with Gasteiger partial charge in [-0.2, -0.15) is 0 Å². The lowest BCUT2D eigenvalue weighted by atomic mass is 9.45. The molecule has 12 atom stereocenters. The number of benzene rings is 1. The molecule has 0 radical (unpaired) electrons.